The van der Waals surface area contributed by atoms with E-state index < -0.39 is 0 Å². The van der Waals surface area contributed by atoms with Gasteiger partial charge in [0.05, 0.1) is 17.1 Å². The van der Waals surface area contributed by atoms with E-state index in [4.69, 9.17) is 11.6 Å². The molecule has 0 unspecified atom stereocenters. The van der Waals surface area contributed by atoms with Gasteiger partial charge in [-0.05, 0) is 32.0 Å². The Bertz CT molecular complexity index is 636. The molecule has 2 aromatic rings. The highest BCUT2D eigenvalue weighted by molar-refractivity contribution is 7.99. The molecule has 5 nitrogen and oxygen atoms in total. The molecule has 0 aliphatic heterocycles. The van der Waals surface area contributed by atoms with Gasteiger partial charge >= 0.3 is 0 Å². The number of rotatable bonds is 4. The Morgan fingerprint density at radius 1 is 1.30 bits per heavy atom. The SMILES string of the molecule is Cc1nnc(SCC(=O)Nc2cccc(Cl)c2)nc1C. The summed E-state index contributed by atoms with van der Waals surface area (Å²) in [7, 11) is 0. The average molecular weight is 309 g/mol. The third-order valence-electron chi connectivity index (χ3n) is 2.51. The Morgan fingerprint density at radius 3 is 2.80 bits per heavy atom. The fourth-order valence-corrected chi connectivity index (χ4v) is 2.21. The second-order valence-corrected chi connectivity index (χ2v) is 5.49. The summed E-state index contributed by atoms with van der Waals surface area (Å²) in [6, 6.07) is 7.00. The van der Waals surface area contributed by atoms with E-state index in [0.717, 1.165) is 11.4 Å². The molecule has 1 heterocycles. The van der Waals surface area contributed by atoms with Crippen molar-refractivity contribution in [2.45, 2.75) is 19.0 Å². The highest BCUT2D eigenvalue weighted by Gasteiger charge is 2.07. The molecule has 0 radical (unpaired) electrons. The first-order valence-corrected chi connectivity index (χ1v) is 7.27. The van der Waals surface area contributed by atoms with E-state index in [1.54, 1.807) is 24.3 Å². The first-order valence-electron chi connectivity index (χ1n) is 5.91. The average Bonchev–Trinajstić information content (AvgIpc) is 2.40. The smallest absolute Gasteiger partial charge is 0.234 e. The van der Waals surface area contributed by atoms with Gasteiger partial charge in [0.2, 0.25) is 11.1 Å². The lowest BCUT2D eigenvalue weighted by atomic mass is 10.3. The molecule has 1 aromatic heterocycles. The zero-order chi connectivity index (χ0) is 14.5. The van der Waals surface area contributed by atoms with Crippen molar-refractivity contribution in [3.63, 3.8) is 0 Å². The number of hydrogen-bond donors (Lipinski definition) is 1. The van der Waals surface area contributed by atoms with Crippen molar-refractivity contribution >= 4 is 35.0 Å². The Kier molecular flexibility index (Phi) is 4.92. The molecule has 0 bridgehead atoms. The van der Waals surface area contributed by atoms with Gasteiger partial charge in [0.15, 0.2) is 0 Å². The topological polar surface area (TPSA) is 67.8 Å². The molecule has 0 aliphatic carbocycles. The highest BCUT2D eigenvalue weighted by Crippen LogP contribution is 2.17. The van der Waals surface area contributed by atoms with Crippen molar-refractivity contribution < 1.29 is 4.79 Å². The standard InChI is InChI=1S/C13H13ClN4OS/c1-8-9(2)17-18-13(15-8)20-7-12(19)16-11-5-3-4-10(14)6-11/h3-6H,7H2,1-2H3,(H,16,19). The Hall–Kier alpha value is -1.66. The number of amides is 1. The van der Waals surface area contributed by atoms with Gasteiger partial charge in [-0.15, -0.1) is 5.10 Å². The van der Waals surface area contributed by atoms with Gasteiger partial charge in [-0.1, -0.05) is 29.4 Å². The summed E-state index contributed by atoms with van der Waals surface area (Å²) in [6.45, 7) is 3.70. The van der Waals surface area contributed by atoms with E-state index in [1.807, 2.05) is 13.8 Å². The minimum Gasteiger partial charge on any atom is -0.325 e. The molecule has 2 rings (SSSR count). The number of anilines is 1. The number of aryl methyl sites for hydroxylation is 2. The second kappa shape index (κ2) is 6.67. The molecule has 0 aliphatic rings. The number of carbonyl (C=O) groups is 1. The van der Waals surface area contributed by atoms with E-state index >= 15 is 0 Å². The molecule has 0 spiro atoms. The zero-order valence-electron chi connectivity index (χ0n) is 11.1. The van der Waals surface area contributed by atoms with E-state index in [2.05, 4.69) is 20.5 Å². The first-order chi connectivity index (χ1) is 9.54. The van der Waals surface area contributed by atoms with Crippen LogP contribution in [0.1, 0.15) is 11.4 Å². The lowest BCUT2D eigenvalue weighted by Crippen LogP contribution is -2.14. The zero-order valence-corrected chi connectivity index (χ0v) is 12.6. The molecule has 1 amide bonds. The van der Waals surface area contributed by atoms with Gasteiger partial charge in [-0.3, -0.25) is 4.79 Å². The number of halogens is 1. The Morgan fingerprint density at radius 2 is 2.10 bits per heavy atom. The van der Waals surface area contributed by atoms with Crippen molar-refractivity contribution in [1.29, 1.82) is 0 Å². The molecular weight excluding hydrogens is 296 g/mol. The van der Waals surface area contributed by atoms with Crippen molar-refractivity contribution in [3.8, 4) is 0 Å². The molecular formula is C13H13ClN4OS. The van der Waals surface area contributed by atoms with Gasteiger partial charge in [0.25, 0.3) is 0 Å². The fraction of sp³-hybridized carbons (Fsp3) is 0.231. The normalized spacial score (nSPS) is 10.3. The number of thioether (sulfide) groups is 1. The summed E-state index contributed by atoms with van der Waals surface area (Å²) in [6.07, 6.45) is 0. The van der Waals surface area contributed by atoms with Crippen LogP contribution in [0.2, 0.25) is 5.02 Å². The minimum atomic E-state index is -0.140. The Balaban J connectivity index is 1.90. The number of hydrogen-bond acceptors (Lipinski definition) is 5. The number of nitrogens with zero attached hydrogens (tertiary/aromatic N) is 3. The lowest BCUT2D eigenvalue weighted by Gasteiger charge is -2.05. The largest absolute Gasteiger partial charge is 0.325 e. The molecule has 1 aromatic carbocycles. The van der Waals surface area contributed by atoms with Gasteiger partial charge in [-0.2, -0.15) is 5.10 Å². The quantitative estimate of drug-likeness (QED) is 0.880. The fourth-order valence-electron chi connectivity index (χ4n) is 1.39. The van der Waals surface area contributed by atoms with Crippen LogP contribution in [0.25, 0.3) is 0 Å². The van der Waals surface area contributed by atoms with Crippen molar-refractivity contribution in [1.82, 2.24) is 15.2 Å². The van der Waals surface area contributed by atoms with E-state index in [0.29, 0.717) is 15.9 Å². The van der Waals surface area contributed by atoms with Crippen LogP contribution in [0.15, 0.2) is 29.4 Å². The molecule has 104 valence electrons. The molecule has 20 heavy (non-hydrogen) atoms. The second-order valence-electron chi connectivity index (χ2n) is 4.11. The van der Waals surface area contributed by atoms with Gasteiger partial charge in [0.1, 0.15) is 0 Å². The Labute approximate surface area is 126 Å². The van der Waals surface area contributed by atoms with Crippen LogP contribution < -0.4 is 5.32 Å². The summed E-state index contributed by atoms with van der Waals surface area (Å²) >= 11 is 7.09. The molecule has 7 heteroatoms. The van der Waals surface area contributed by atoms with Crippen molar-refractivity contribution in [3.05, 3.63) is 40.7 Å². The molecule has 0 saturated carbocycles. The molecule has 1 N–H and O–H groups in total. The summed E-state index contributed by atoms with van der Waals surface area (Å²) in [5, 5.41) is 11.7. The van der Waals surface area contributed by atoms with E-state index in [-0.39, 0.29) is 11.7 Å². The molecule has 0 fully saturated rings. The predicted octanol–water partition coefficient (Wildman–Crippen LogP) is 2.87. The maximum Gasteiger partial charge on any atom is 0.234 e. The van der Waals surface area contributed by atoms with Crippen LogP contribution in [0.4, 0.5) is 5.69 Å². The third kappa shape index (κ3) is 4.18. The summed E-state index contributed by atoms with van der Waals surface area (Å²) in [5.41, 5.74) is 2.28. The van der Waals surface area contributed by atoms with Gasteiger partial charge in [-0.25, -0.2) is 4.98 Å². The highest BCUT2D eigenvalue weighted by atomic mass is 35.5. The monoisotopic (exact) mass is 308 g/mol. The molecule has 0 atom stereocenters. The van der Waals surface area contributed by atoms with E-state index in [9.17, 15) is 4.79 Å². The van der Waals surface area contributed by atoms with Crippen LogP contribution in [-0.2, 0) is 4.79 Å². The van der Waals surface area contributed by atoms with Crippen molar-refractivity contribution in [2.75, 3.05) is 11.1 Å². The van der Waals surface area contributed by atoms with Crippen LogP contribution >= 0.6 is 23.4 Å². The first kappa shape index (κ1) is 14.7. The maximum atomic E-state index is 11.8. The number of benzene rings is 1. The van der Waals surface area contributed by atoms with E-state index in [1.165, 1.54) is 11.8 Å². The third-order valence-corrected chi connectivity index (χ3v) is 3.59. The van der Waals surface area contributed by atoms with Crippen LogP contribution in [-0.4, -0.2) is 26.8 Å². The van der Waals surface area contributed by atoms with Crippen molar-refractivity contribution in [2.24, 2.45) is 0 Å². The van der Waals surface area contributed by atoms with Crippen LogP contribution in [0.5, 0.6) is 0 Å². The van der Waals surface area contributed by atoms with Crippen LogP contribution in [0, 0.1) is 13.8 Å². The number of carbonyl (C=O) groups excluding carboxylic acids is 1. The summed E-state index contributed by atoms with van der Waals surface area (Å²) < 4.78 is 0. The van der Waals surface area contributed by atoms with Gasteiger partial charge < -0.3 is 5.32 Å². The minimum absolute atomic E-state index is 0.140. The summed E-state index contributed by atoms with van der Waals surface area (Å²) in [5.74, 6) is 0.0792. The lowest BCUT2D eigenvalue weighted by molar-refractivity contribution is -0.113. The molecule has 0 saturated heterocycles. The van der Waals surface area contributed by atoms with Crippen LogP contribution in [0.3, 0.4) is 0 Å². The number of nitrogens with one attached hydrogen (secondary N) is 1. The predicted molar refractivity (Wildman–Crippen MR) is 80.1 cm³/mol. The maximum absolute atomic E-state index is 11.8. The number of aromatic nitrogens is 3. The summed E-state index contributed by atoms with van der Waals surface area (Å²) in [4.78, 5) is 16.1. The van der Waals surface area contributed by atoms with Gasteiger partial charge in [0, 0.05) is 10.7 Å².